The number of carbonyl (C=O) groups excluding carboxylic acids is 3. The lowest BCUT2D eigenvalue weighted by molar-refractivity contribution is -0.161. The molecule has 3 unspecified atom stereocenters. The predicted octanol–water partition coefficient (Wildman–Crippen LogP) is 18.2. The van der Waals surface area contributed by atoms with E-state index in [2.05, 4.69) is 154 Å². The minimum Gasteiger partial charge on any atom is -0.462 e. The fraction of sp³-hybridized carbons (Fsp3) is 0.544. The number of phosphoric acid groups is 1. The van der Waals surface area contributed by atoms with Crippen LogP contribution in [0.4, 0.5) is 0 Å². The summed E-state index contributed by atoms with van der Waals surface area (Å²) in [5.74, 6) is -1.74. The highest BCUT2D eigenvalue weighted by Crippen LogP contribution is 2.43. The minimum absolute atomic E-state index is 0.0706. The number of aliphatic hydroxyl groups excluding tert-OH is 1. The molecule has 0 aliphatic heterocycles. The summed E-state index contributed by atoms with van der Waals surface area (Å²) >= 11 is 0. The first-order valence-corrected chi connectivity index (χ1v) is 31.5. The Bertz CT molecular complexity index is 1990. The Labute approximate surface area is 485 Å². The van der Waals surface area contributed by atoms with Crippen LogP contribution in [0.3, 0.4) is 0 Å². The fourth-order valence-corrected chi connectivity index (χ4v) is 7.95. The molecule has 80 heavy (non-hydrogen) atoms. The maximum atomic E-state index is 12.9. The Balaban J connectivity index is 4.96. The maximum absolute atomic E-state index is 12.9. The third kappa shape index (κ3) is 57.5. The summed E-state index contributed by atoms with van der Waals surface area (Å²) in [5.41, 5.74) is 0. The van der Waals surface area contributed by atoms with Crippen molar-refractivity contribution in [1.29, 1.82) is 0 Å². The van der Waals surface area contributed by atoms with E-state index in [4.69, 9.17) is 23.3 Å². The molecule has 0 aromatic rings. The van der Waals surface area contributed by atoms with Crippen LogP contribution in [0.1, 0.15) is 201 Å². The van der Waals surface area contributed by atoms with Crippen molar-refractivity contribution in [2.45, 2.75) is 213 Å². The summed E-state index contributed by atoms with van der Waals surface area (Å²) in [6, 6.07) is 0. The van der Waals surface area contributed by atoms with Gasteiger partial charge < -0.3 is 24.2 Å². The van der Waals surface area contributed by atoms with Crippen molar-refractivity contribution in [3.8, 4) is 0 Å². The van der Waals surface area contributed by atoms with Gasteiger partial charge >= 0.3 is 25.7 Å². The molecule has 0 fully saturated rings. The van der Waals surface area contributed by atoms with Gasteiger partial charge in [0.1, 0.15) is 12.7 Å². The van der Waals surface area contributed by atoms with E-state index in [0.29, 0.717) is 19.3 Å². The van der Waals surface area contributed by atoms with E-state index in [1.807, 2.05) is 30.4 Å². The lowest BCUT2D eigenvalue weighted by Crippen LogP contribution is -2.30. The summed E-state index contributed by atoms with van der Waals surface area (Å²) < 4.78 is 39.4. The molecule has 12 heteroatoms. The summed E-state index contributed by atoms with van der Waals surface area (Å²) in [6.45, 7) is 4.15. The molecule has 2 N–H and O–H groups in total. The van der Waals surface area contributed by atoms with Crippen molar-refractivity contribution in [3.63, 3.8) is 0 Å². The molecule has 3 atom stereocenters. The molecule has 0 saturated heterocycles. The average Bonchev–Trinajstić information content (AvgIpc) is 3.45. The number of aliphatic hydroxyl groups is 1. The lowest BCUT2D eigenvalue weighted by atomic mass is 10.1. The maximum Gasteiger partial charge on any atom is 0.472 e. The topological polar surface area (TPSA) is 155 Å². The van der Waals surface area contributed by atoms with Gasteiger partial charge in [-0.15, -0.1) is 0 Å². The Hall–Kier alpha value is -5.16. The number of hydrogen-bond acceptors (Lipinski definition) is 10. The standard InChI is InChI=1S/C68H105O11P/c1-4-7-10-13-16-19-22-25-28-30-32-34-37-39-42-45-48-51-54-57-66(70)75-61-65(79-68(72)59-56-53-50-47-44-41-38-35-33-31-29-26-23-20-17-14-11-8-5-2)63-77-80(73,74)76-62-64(60-69)78-67(71)58-55-52-49-46-43-40-36-27-24-21-18-15-12-9-6-3/h7,9-10,12,16-21,25-29,32-36,39,42-43,46,48,51-52,55,64-65,69H,4-6,8,11,13-15,22-24,30-31,37-38,40-41,44-45,47,49-50,53-54,56-63H2,1-3H3,(H,73,74)/b10-7-,12-9-,19-16-,20-17-,21-18-,28-25-,29-26-,34-32-,35-33-,36-27-,42-39-,46-43-,51-48-,55-52-. The van der Waals surface area contributed by atoms with Gasteiger partial charge in [0.15, 0.2) is 6.10 Å². The Morgan fingerprint density at radius 3 is 1.15 bits per heavy atom. The van der Waals surface area contributed by atoms with Gasteiger partial charge in [-0.25, -0.2) is 4.57 Å². The minimum atomic E-state index is -4.81. The fourth-order valence-electron chi connectivity index (χ4n) is 7.17. The van der Waals surface area contributed by atoms with Crippen LogP contribution in [0.15, 0.2) is 170 Å². The van der Waals surface area contributed by atoms with E-state index < -0.39 is 64.4 Å². The van der Waals surface area contributed by atoms with E-state index in [1.54, 1.807) is 6.08 Å². The van der Waals surface area contributed by atoms with E-state index in [0.717, 1.165) is 116 Å². The van der Waals surface area contributed by atoms with Crippen LogP contribution in [0.2, 0.25) is 0 Å². The highest BCUT2D eigenvalue weighted by atomic mass is 31.2. The molecule has 0 rings (SSSR count). The first-order valence-electron chi connectivity index (χ1n) is 30.0. The van der Waals surface area contributed by atoms with Gasteiger partial charge in [-0.3, -0.25) is 23.4 Å². The smallest absolute Gasteiger partial charge is 0.462 e. The van der Waals surface area contributed by atoms with Crippen LogP contribution >= 0.6 is 7.82 Å². The normalized spacial score (nSPS) is 14.5. The van der Waals surface area contributed by atoms with Gasteiger partial charge in [-0.05, 0) is 122 Å². The quantitative estimate of drug-likeness (QED) is 0.0197. The van der Waals surface area contributed by atoms with Gasteiger partial charge in [-0.2, -0.15) is 0 Å². The molecule has 0 amide bonds. The van der Waals surface area contributed by atoms with Crippen molar-refractivity contribution in [2.24, 2.45) is 0 Å². The monoisotopic (exact) mass is 1130 g/mol. The van der Waals surface area contributed by atoms with Crippen molar-refractivity contribution < 1.29 is 52.2 Å². The number of hydrogen-bond donors (Lipinski definition) is 2. The van der Waals surface area contributed by atoms with Crippen molar-refractivity contribution in [2.75, 3.05) is 26.4 Å². The zero-order valence-corrected chi connectivity index (χ0v) is 50.4. The molecule has 0 heterocycles. The molecule has 0 bridgehead atoms. The second-order valence-electron chi connectivity index (χ2n) is 19.1. The Morgan fingerprint density at radius 2 is 0.725 bits per heavy atom. The second-order valence-corrected chi connectivity index (χ2v) is 20.5. The number of phosphoric ester groups is 1. The van der Waals surface area contributed by atoms with E-state index >= 15 is 0 Å². The third-order valence-corrected chi connectivity index (χ3v) is 12.6. The van der Waals surface area contributed by atoms with E-state index in [9.17, 15) is 28.9 Å². The summed E-state index contributed by atoms with van der Waals surface area (Å²) in [4.78, 5) is 48.6. The van der Waals surface area contributed by atoms with Gasteiger partial charge in [0.05, 0.1) is 26.2 Å². The van der Waals surface area contributed by atoms with Crippen molar-refractivity contribution >= 4 is 25.7 Å². The van der Waals surface area contributed by atoms with Crippen molar-refractivity contribution in [1.82, 2.24) is 0 Å². The average molecular weight is 1130 g/mol. The van der Waals surface area contributed by atoms with Crippen LogP contribution in [0.25, 0.3) is 0 Å². The molecular formula is C68H105O11P. The van der Waals surface area contributed by atoms with E-state index in [-0.39, 0.29) is 19.3 Å². The molecule has 0 aromatic carbocycles. The van der Waals surface area contributed by atoms with Crippen LogP contribution in [0, 0.1) is 0 Å². The van der Waals surface area contributed by atoms with Crippen LogP contribution < -0.4 is 0 Å². The van der Waals surface area contributed by atoms with Crippen LogP contribution in [0.5, 0.6) is 0 Å². The van der Waals surface area contributed by atoms with Crippen molar-refractivity contribution in [3.05, 3.63) is 170 Å². The largest absolute Gasteiger partial charge is 0.472 e. The Kier molecular flexibility index (Phi) is 56.1. The zero-order chi connectivity index (χ0) is 58.3. The Morgan fingerprint density at radius 1 is 0.375 bits per heavy atom. The van der Waals surface area contributed by atoms with Crippen LogP contribution in [-0.2, 0) is 42.2 Å². The summed E-state index contributed by atoms with van der Waals surface area (Å²) in [7, 11) is -4.81. The molecular weight excluding hydrogens is 1020 g/mol. The van der Waals surface area contributed by atoms with Crippen LogP contribution in [-0.4, -0.2) is 66.5 Å². The molecule has 0 aliphatic rings. The highest BCUT2D eigenvalue weighted by Gasteiger charge is 2.28. The summed E-state index contributed by atoms with van der Waals surface area (Å²) in [6.07, 6.45) is 80.6. The third-order valence-electron chi connectivity index (χ3n) is 11.7. The van der Waals surface area contributed by atoms with E-state index in [1.165, 1.54) is 25.7 Å². The number of ether oxygens (including phenoxy) is 3. The molecule has 0 radical (unpaired) electrons. The van der Waals surface area contributed by atoms with Gasteiger partial charge in [0.2, 0.25) is 0 Å². The SMILES string of the molecule is CC/C=C\C/C=C\C/C=C\C/C=C\C/C=C\C/C=C\CCC(=O)OCC(COP(=O)(O)OCC(CO)OC(=O)C/C=C\C/C=C\C/C=C\C/C=C\C/C=C\CC)OC(=O)CCCCCCCC/C=C\C/C=C\C/C=C\CCCCC. The molecule has 0 saturated carbocycles. The highest BCUT2D eigenvalue weighted by molar-refractivity contribution is 7.47. The first kappa shape index (κ1) is 74.8. The number of unbranched alkanes of at least 4 members (excludes halogenated alkanes) is 9. The van der Waals surface area contributed by atoms with Gasteiger partial charge in [0.25, 0.3) is 0 Å². The molecule has 0 aromatic heterocycles. The van der Waals surface area contributed by atoms with Gasteiger partial charge in [-0.1, -0.05) is 229 Å². The van der Waals surface area contributed by atoms with Gasteiger partial charge in [0, 0.05) is 12.8 Å². The summed E-state index contributed by atoms with van der Waals surface area (Å²) in [5, 5.41) is 9.81. The number of carbonyl (C=O) groups is 3. The second kappa shape index (κ2) is 59.9. The first-order chi connectivity index (χ1) is 39.2. The molecule has 0 aliphatic carbocycles. The predicted molar refractivity (Wildman–Crippen MR) is 334 cm³/mol. The molecule has 11 nitrogen and oxygen atoms in total. The number of rotatable bonds is 53. The number of allylic oxidation sites excluding steroid dienone is 27. The number of esters is 3. The molecule has 0 spiro atoms. The zero-order valence-electron chi connectivity index (χ0n) is 49.5. The molecule has 448 valence electrons. The lowest BCUT2D eigenvalue weighted by Gasteiger charge is -2.21.